The van der Waals surface area contributed by atoms with E-state index in [2.05, 4.69) is 38.1 Å². The molecule has 78 valence electrons. The Kier molecular flexibility index (Phi) is 4.72. The maximum atomic E-state index is 9.77. The van der Waals surface area contributed by atoms with Crippen LogP contribution in [0.5, 0.6) is 0 Å². The van der Waals surface area contributed by atoms with Gasteiger partial charge in [-0.05, 0) is 31.1 Å². The highest BCUT2D eigenvalue weighted by Gasteiger charge is 2.16. The van der Waals surface area contributed by atoms with Crippen molar-refractivity contribution in [3.63, 3.8) is 0 Å². The molecule has 0 fully saturated rings. The molecule has 0 unspecified atom stereocenters. The number of allylic oxidation sites excluding steroid dienone is 2. The summed E-state index contributed by atoms with van der Waals surface area (Å²) in [6, 6.07) is 0. The third kappa shape index (κ3) is 3.95. The van der Waals surface area contributed by atoms with Gasteiger partial charge in [-0.25, -0.2) is 0 Å². The summed E-state index contributed by atoms with van der Waals surface area (Å²) >= 11 is 0. The van der Waals surface area contributed by atoms with Gasteiger partial charge in [0.2, 0.25) is 0 Å². The van der Waals surface area contributed by atoms with Gasteiger partial charge in [0.25, 0.3) is 0 Å². The smallest absolute Gasteiger partial charge is 0.139 e. The molecule has 0 heterocycles. The Morgan fingerprint density at radius 3 is 2.86 bits per heavy atom. The van der Waals surface area contributed by atoms with Crippen molar-refractivity contribution in [2.45, 2.75) is 25.4 Å². The van der Waals surface area contributed by atoms with Crippen molar-refractivity contribution in [2.24, 2.45) is 5.92 Å². The Balaban J connectivity index is 2.35. The SMILES string of the molecule is C[NH+](C)CC#C[C@H](O)[C@@H]1CC=CCC1. The maximum absolute atomic E-state index is 9.77. The van der Waals surface area contributed by atoms with Crippen LogP contribution in [-0.2, 0) is 0 Å². The highest BCUT2D eigenvalue weighted by molar-refractivity contribution is 5.08. The van der Waals surface area contributed by atoms with Crippen LogP contribution in [0.1, 0.15) is 19.3 Å². The summed E-state index contributed by atoms with van der Waals surface area (Å²) < 4.78 is 0. The quantitative estimate of drug-likeness (QED) is 0.464. The lowest BCUT2D eigenvalue weighted by Crippen LogP contribution is -3.05. The zero-order valence-corrected chi connectivity index (χ0v) is 9.09. The molecule has 0 aromatic rings. The minimum absolute atomic E-state index is 0.352. The minimum Gasteiger partial charge on any atom is -0.380 e. The van der Waals surface area contributed by atoms with E-state index in [1.807, 2.05) is 0 Å². The molecule has 0 radical (unpaired) electrons. The van der Waals surface area contributed by atoms with Crippen molar-refractivity contribution in [1.82, 2.24) is 0 Å². The second kappa shape index (κ2) is 5.85. The Bertz CT molecular complexity index is 247. The average Bonchev–Trinajstić information content (AvgIpc) is 2.18. The summed E-state index contributed by atoms with van der Waals surface area (Å²) in [4.78, 5) is 1.30. The fourth-order valence-electron chi connectivity index (χ4n) is 1.55. The third-order valence-corrected chi connectivity index (χ3v) is 2.45. The molecular formula is C12H20NO+. The lowest BCUT2D eigenvalue weighted by molar-refractivity contribution is -0.850. The van der Waals surface area contributed by atoms with Gasteiger partial charge in [-0.3, -0.25) is 0 Å². The van der Waals surface area contributed by atoms with Crippen LogP contribution in [0.4, 0.5) is 0 Å². The van der Waals surface area contributed by atoms with Crippen LogP contribution >= 0.6 is 0 Å². The normalized spacial score (nSPS) is 23.0. The van der Waals surface area contributed by atoms with Gasteiger partial charge in [-0.1, -0.05) is 18.1 Å². The van der Waals surface area contributed by atoms with Crippen LogP contribution in [-0.4, -0.2) is 31.9 Å². The van der Waals surface area contributed by atoms with E-state index >= 15 is 0 Å². The van der Waals surface area contributed by atoms with Gasteiger partial charge in [0, 0.05) is 0 Å². The van der Waals surface area contributed by atoms with E-state index in [1.54, 1.807) is 0 Å². The van der Waals surface area contributed by atoms with Gasteiger partial charge < -0.3 is 10.0 Å². The highest BCUT2D eigenvalue weighted by Crippen LogP contribution is 2.21. The fraction of sp³-hybridized carbons (Fsp3) is 0.667. The van der Waals surface area contributed by atoms with Crippen LogP contribution in [0, 0.1) is 17.8 Å². The predicted octanol–water partition coefficient (Wildman–Crippen LogP) is -0.148. The molecule has 0 saturated heterocycles. The van der Waals surface area contributed by atoms with E-state index in [0.29, 0.717) is 5.92 Å². The van der Waals surface area contributed by atoms with Gasteiger partial charge in [-0.15, -0.1) is 0 Å². The Morgan fingerprint density at radius 1 is 1.50 bits per heavy atom. The van der Waals surface area contributed by atoms with Gasteiger partial charge in [0.15, 0.2) is 0 Å². The van der Waals surface area contributed by atoms with Gasteiger partial charge in [-0.2, -0.15) is 0 Å². The Hall–Kier alpha value is -0.780. The largest absolute Gasteiger partial charge is 0.380 e. The number of rotatable bonds is 2. The van der Waals surface area contributed by atoms with Crippen molar-refractivity contribution >= 4 is 0 Å². The van der Waals surface area contributed by atoms with Crippen molar-refractivity contribution < 1.29 is 10.0 Å². The summed E-state index contributed by atoms with van der Waals surface area (Å²) in [7, 11) is 4.12. The molecule has 14 heavy (non-hydrogen) atoms. The van der Waals surface area contributed by atoms with E-state index in [4.69, 9.17) is 0 Å². The fourth-order valence-corrected chi connectivity index (χ4v) is 1.55. The number of quaternary nitrogens is 1. The zero-order chi connectivity index (χ0) is 10.4. The molecule has 1 aliphatic rings. The number of aliphatic hydroxyl groups is 1. The van der Waals surface area contributed by atoms with Gasteiger partial charge in [0.05, 0.1) is 14.1 Å². The number of nitrogens with one attached hydrogen (secondary N) is 1. The molecule has 1 rings (SSSR count). The first-order valence-electron chi connectivity index (χ1n) is 5.30. The van der Waals surface area contributed by atoms with Crippen molar-refractivity contribution in [1.29, 1.82) is 0 Å². The highest BCUT2D eigenvalue weighted by atomic mass is 16.3. The van der Waals surface area contributed by atoms with Crippen molar-refractivity contribution in [3.05, 3.63) is 12.2 Å². The lowest BCUT2D eigenvalue weighted by atomic mass is 9.90. The molecule has 2 nitrogen and oxygen atoms in total. The first-order chi connectivity index (χ1) is 6.70. The molecule has 2 N–H and O–H groups in total. The molecule has 0 aromatic carbocycles. The average molecular weight is 194 g/mol. The third-order valence-electron chi connectivity index (χ3n) is 2.45. The molecular weight excluding hydrogens is 174 g/mol. The minimum atomic E-state index is -0.431. The van der Waals surface area contributed by atoms with E-state index in [-0.39, 0.29) is 0 Å². The van der Waals surface area contributed by atoms with Crippen LogP contribution in [0.15, 0.2) is 12.2 Å². The van der Waals surface area contributed by atoms with Crippen LogP contribution in [0.25, 0.3) is 0 Å². The van der Waals surface area contributed by atoms with Crippen LogP contribution in [0.2, 0.25) is 0 Å². The van der Waals surface area contributed by atoms with Gasteiger partial charge in [0.1, 0.15) is 12.6 Å². The first kappa shape index (κ1) is 11.3. The molecule has 0 bridgehead atoms. The Labute approximate surface area is 86.6 Å². The molecule has 0 spiro atoms. The summed E-state index contributed by atoms with van der Waals surface area (Å²) in [6.07, 6.45) is 7.03. The topological polar surface area (TPSA) is 24.7 Å². The number of hydrogen-bond donors (Lipinski definition) is 2. The summed E-state index contributed by atoms with van der Waals surface area (Å²) in [6.45, 7) is 0.805. The monoisotopic (exact) mass is 194 g/mol. The lowest BCUT2D eigenvalue weighted by Gasteiger charge is -2.19. The Morgan fingerprint density at radius 2 is 2.29 bits per heavy atom. The number of aliphatic hydroxyl groups excluding tert-OH is 1. The van der Waals surface area contributed by atoms with Gasteiger partial charge >= 0.3 is 0 Å². The van der Waals surface area contributed by atoms with E-state index in [1.165, 1.54) is 4.90 Å². The van der Waals surface area contributed by atoms with Crippen LogP contribution < -0.4 is 4.90 Å². The standard InChI is InChI=1S/C12H19NO/c1-13(2)10-6-9-12(14)11-7-4-3-5-8-11/h3-4,11-12,14H,5,7-8,10H2,1-2H3/p+1/t11-,12+/m1/s1. The number of hydrogen-bond acceptors (Lipinski definition) is 1. The predicted molar refractivity (Wildman–Crippen MR) is 57.9 cm³/mol. The molecule has 1 aliphatic carbocycles. The summed E-state index contributed by atoms with van der Waals surface area (Å²) in [5.41, 5.74) is 0. The molecule has 0 saturated carbocycles. The molecule has 2 atom stereocenters. The maximum Gasteiger partial charge on any atom is 0.139 e. The van der Waals surface area contributed by atoms with E-state index in [0.717, 1.165) is 25.8 Å². The molecule has 2 heteroatoms. The second-order valence-corrected chi connectivity index (χ2v) is 4.19. The van der Waals surface area contributed by atoms with E-state index < -0.39 is 6.10 Å². The summed E-state index contributed by atoms with van der Waals surface area (Å²) in [5.74, 6) is 6.31. The first-order valence-corrected chi connectivity index (χ1v) is 5.30. The van der Waals surface area contributed by atoms with Crippen molar-refractivity contribution in [2.75, 3.05) is 20.6 Å². The van der Waals surface area contributed by atoms with E-state index in [9.17, 15) is 5.11 Å². The molecule has 0 amide bonds. The zero-order valence-electron chi connectivity index (χ0n) is 9.09. The molecule has 0 aliphatic heterocycles. The summed E-state index contributed by atoms with van der Waals surface area (Å²) in [5, 5.41) is 9.77. The second-order valence-electron chi connectivity index (χ2n) is 4.19. The van der Waals surface area contributed by atoms with Crippen molar-refractivity contribution in [3.8, 4) is 11.8 Å². The molecule has 0 aromatic heterocycles. The van der Waals surface area contributed by atoms with Crippen LogP contribution in [0.3, 0.4) is 0 Å².